The molecule has 9 nitrogen and oxygen atoms in total. The first-order valence-electron chi connectivity index (χ1n) is 16.0. The van der Waals surface area contributed by atoms with Crippen LogP contribution in [-0.2, 0) is 14.3 Å². The Morgan fingerprint density at radius 3 is 2.56 bits per heavy atom. The van der Waals surface area contributed by atoms with E-state index < -0.39 is 17.7 Å². The summed E-state index contributed by atoms with van der Waals surface area (Å²) in [5, 5.41) is 7.92. The number of benzene rings is 2. The van der Waals surface area contributed by atoms with Crippen molar-refractivity contribution in [3.63, 3.8) is 0 Å². The van der Waals surface area contributed by atoms with Crippen LogP contribution in [0.5, 0.6) is 0 Å². The number of urea groups is 1. The molecule has 2 aromatic rings. The quantitative estimate of drug-likeness (QED) is 0.379. The molecule has 0 aromatic heterocycles. The van der Waals surface area contributed by atoms with E-state index in [2.05, 4.69) is 34.6 Å². The molecule has 244 valence electrons. The van der Waals surface area contributed by atoms with E-state index in [4.69, 9.17) is 19.3 Å². The van der Waals surface area contributed by atoms with Gasteiger partial charge < -0.3 is 25.0 Å². The zero-order valence-corrected chi connectivity index (χ0v) is 26.4. The van der Waals surface area contributed by atoms with E-state index in [1.807, 2.05) is 25.1 Å². The molecule has 1 unspecified atom stereocenters. The van der Waals surface area contributed by atoms with Gasteiger partial charge in [-0.15, -0.1) is 0 Å². The van der Waals surface area contributed by atoms with Gasteiger partial charge >= 0.3 is 6.03 Å². The first-order chi connectivity index (χ1) is 21.9. The number of hydroxylamine groups is 2. The number of carbonyl (C=O) groups excluding carboxylic acids is 1. The highest BCUT2D eigenvalue weighted by atomic mass is 19.2. The van der Waals surface area contributed by atoms with Crippen molar-refractivity contribution in [2.24, 2.45) is 10.9 Å². The molecule has 3 atom stereocenters. The Balaban J connectivity index is 1.31. The summed E-state index contributed by atoms with van der Waals surface area (Å²) in [7, 11) is 1.61. The number of methoxy groups -OCH3 is 1. The lowest BCUT2D eigenvalue weighted by Crippen LogP contribution is -2.41. The van der Waals surface area contributed by atoms with Crippen molar-refractivity contribution in [3.8, 4) is 0 Å². The molecule has 2 amide bonds. The Labute approximate surface area is 264 Å². The predicted molar refractivity (Wildman–Crippen MR) is 169 cm³/mol. The van der Waals surface area contributed by atoms with Gasteiger partial charge in [0, 0.05) is 69.5 Å². The molecular weight excluding hydrogens is 580 g/mol. The van der Waals surface area contributed by atoms with E-state index in [0.29, 0.717) is 37.7 Å². The molecule has 45 heavy (non-hydrogen) atoms. The Bertz CT molecular complexity index is 1350. The number of aliphatic imine (C=N–C) groups is 1. The minimum absolute atomic E-state index is 0.0713. The van der Waals surface area contributed by atoms with Gasteiger partial charge in [-0.1, -0.05) is 43.3 Å². The average Bonchev–Trinajstić information content (AvgIpc) is 3.41. The maximum atomic E-state index is 14.1. The zero-order valence-electron chi connectivity index (χ0n) is 26.4. The summed E-state index contributed by atoms with van der Waals surface area (Å²) in [6, 6.07) is 13.5. The molecule has 3 aliphatic rings. The lowest BCUT2D eigenvalue weighted by atomic mass is 9.90. The molecule has 0 radical (unpaired) electrons. The first-order valence-corrected chi connectivity index (χ1v) is 16.0. The summed E-state index contributed by atoms with van der Waals surface area (Å²) in [5.74, 6) is -1.54. The van der Waals surface area contributed by atoms with Crippen LogP contribution in [0.3, 0.4) is 0 Å². The number of rotatable bonds is 10. The normalized spacial score (nSPS) is 23.5. The summed E-state index contributed by atoms with van der Waals surface area (Å²) in [5.41, 5.74) is 3.19. The third kappa shape index (κ3) is 8.46. The number of halogens is 2. The van der Waals surface area contributed by atoms with E-state index >= 15 is 0 Å². The van der Waals surface area contributed by atoms with Crippen molar-refractivity contribution in [1.82, 2.24) is 20.6 Å². The molecule has 5 rings (SSSR count). The molecule has 0 saturated carbocycles. The number of allylic oxidation sites excluding steroid dienone is 1. The highest BCUT2D eigenvalue weighted by Crippen LogP contribution is 2.35. The number of nitrogens with zero attached hydrogens (tertiary/aromatic N) is 3. The Kier molecular flexibility index (Phi) is 11.6. The topological polar surface area (TPSA) is 87.7 Å². The second kappa shape index (κ2) is 15.8. The van der Waals surface area contributed by atoms with Gasteiger partial charge in [0.1, 0.15) is 12.2 Å². The molecule has 2 N–H and O–H groups in total. The van der Waals surface area contributed by atoms with Gasteiger partial charge in [0.05, 0.1) is 6.61 Å². The Morgan fingerprint density at radius 2 is 1.84 bits per heavy atom. The second-order valence-electron chi connectivity index (χ2n) is 11.9. The molecule has 3 heterocycles. The van der Waals surface area contributed by atoms with Gasteiger partial charge in [0.2, 0.25) is 5.90 Å². The SMILES string of the molecule is CCN1CCC(OC2=NCCC(c3ccccc3)C(NC(=O)NC[C@@H]3CN(CCOC)O[C@H]3c3ccc(F)c(F)c3)=C2C)CC1. The van der Waals surface area contributed by atoms with Crippen LogP contribution in [0.4, 0.5) is 13.6 Å². The number of likely N-dealkylation sites (tertiary alicyclic amines) is 1. The molecule has 3 aliphatic heterocycles. The molecular formula is C34H45F2N5O4. The fraction of sp³-hybridized carbons (Fsp3) is 0.529. The van der Waals surface area contributed by atoms with Gasteiger partial charge in [-0.05, 0) is 56.0 Å². The molecule has 0 bridgehead atoms. The summed E-state index contributed by atoms with van der Waals surface area (Å²) in [6.07, 6.45) is 2.13. The van der Waals surface area contributed by atoms with Crippen LogP contribution in [0.1, 0.15) is 56.3 Å². The van der Waals surface area contributed by atoms with Crippen molar-refractivity contribution >= 4 is 11.9 Å². The van der Waals surface area contributed by atoms with Crippen LogP contribution in [0.25, 0.3) is 0 Å². The van der Waals surface area contributed by atoms with Crippen LogP contribution in [0, 0.1) is 17.6 Å². The lowest BCUT2D eigenvalue weighted by molar-refractivity contribution is -0.155. The monoisotopic (exact) mass is 625 g/mol. The molecule has 2 saturated heterocycles. The van der Waals surface area contributed by atoms with Crippen LogP contribution in [0.15, 0.2) is 64.8 Å². The van der Waals surface area contributed by atoms with E-state index in [1.54, 1.807) is 12.2 Å². The number of amides is 2. The standard InChI is InChI=1S/C34H45F2N5O4/c1-4-40-16-13-27(14-17-40)44-33-23(2)31(28(12-15-37-33)24-8-6-5-7-9-24)39-34(42)38-21-26-22-41(18-19-43-3)45-32(26)25-10-11-29(35)30(36)20-25/h5-11,20,26-28,32H,4,12-19,21-22H2,1-3H3,(H2,38,39,42)/t26-,28?,32+/m1/s1. The first kappa shape index (κ1) is 33.0. The number of ether oxygens (including phenoxy) is 2. The fourth-order valence-electron chi connectivity index (χ4n) is 6.33. The second-order valence-corrected chi connectivity index (χ2v) is 11.9. The van der Waals surface area contributed by atoms with Crippen molar-refractivity contribution in [3.05, 3.63) is 82.6 Å². The van der Waals surface area contributed by atoms with Gasteiger partial charge in [0.25, 0.3) is 0 Å². The maximum Gasteiger partial charge on any atom is 0.319 e. The summed E-state index contributed by atoms with van der Waals surface area (Å²) >= 11 is 0. The van der Waals surface area contributed by atoms with Crippen molar-refractivity contribution in [1.29, 1.82) is 0 Å². The van der Waals surface area contributed by atoms with E-state index in [-0.39, 0.29) is 30.5 Å². The number of hydrogen-bond acceptors (Lipinski definition) is 7. The zero-order chi connectivity index (χ0) is 31.8. The van der Waals surface area contributed by atoms with E-state index in [1.165, 1.54) is 6.07 Å². The van der Waals surface area contributed by atoms with Gasteiger partial charge in [-0.3, -0.25) is 9.83 Å². The smallest absolute Gasteiger partial charge is 0.319 e. The third-order valence-corrected chi connectivity index (χ3v) is 8.93. The number of carbonyl (C=O) groups is 1. The van der Waals surface area contributed by atoms with E-state index in [9.17, 15) is 13.6 Å². The minimum atomic E-state index is -0.936. The van der Waals surface area contributed by atoms with Crippen LogP contribution >= 0.6 is 0 Å². The lowest BCUT2D eigenvalue weighted by Gasteiger charge is -2.31. The maximum absolute atomic E-state index is 14.1. The van der Waals surface area contributed by atoms with Crippen molar-refractivity contribution < 1.29 is 27.9 Å². The Morgan fingerprint density at radius 1 is 1.07 bits per heavy atom. The predicted octanol–water partition coefficient (Wildman–Crippen LogP) is 5.18. The van der Waals surface area contributed by atoms with Gasteiger partial charge in [-0.2, -0.15) is 5.06 Å². The molecule has 11 heteroatoms. The summed E-state index contributed by atoms with van der Waals surface area (Å²) in [6.45, 7) is 9.45. The highest BCUT2D eigenvalue weighted by Gasteiger charge is 2.36. The van der Waals surface area contributed by atoms with E-state index in [0.717, 1.165) is 67.9 Å². The Hall–Kier alpha value is -3.38. The van der Waals surface area contributed by atoms with Crippen LogP contribution in [0.2, 0.25) is 0 Å². The molecule has 0 aliphatic carbocycles. The summed E-state index contributed by atoms with van der Waals surface area (Å²) in [4.78, 5) is 26.9. The number of piperidine rings is 1. The van der Waals surface area contributed by atoms with Crippen LogP contribution in [-0.4, -0.2) is 87.5 Å². The number of hydrogen-bond donors (Lipinski definition) is 2. The van der Waals surface area contributed by atoms with Crippen molar-refractivity contribution in [2.45, 2.75) is 51.2 Å². The molecule has 2 fully saturated rings. The minimum Gasteiger partial charge on any atom is -0.474 e. The molecule has 2 aromatic carbocycles. The largest absolute Gasteiger partial charge is 0.474 e. The van der Waals surface area contributed by atoms with Crippen molar-refractivity contribution in [2.75, 3.05) is 59.5 Å². The third-order valence-electron chi connectivity index (χ3n) is 8.93. The van der Waals surface area contributed by atoms with Gasteiger partial charge in [-0.25, -0.2) is 13.6 Å². The number of nitrogens with one attached hydrogen (secondary N) is 2. The summed E-state index contributed by atoms with van der Waals surface area (Å²) < 4.78 is 39.5. The molecule has 0 spiro atoms. The van der Waals surface area contributed by atoms with Gasteiger partial charge in [0.15, 0.2) is 11.6 Å². The fourth-order valence-corrected chi connectivity index (χ4v) is 6.33. The average molecular weight is 626 g/mol. The van der Waals surface area contributed by atoms with Crippen LogP contribution < -0.4 is 10.6 Å². The highest BCUT2D eigenvalue weighted by molar-refractivity contribution is 5.95.